The van der Waals surface area contributed by atoms with Crippen LogP contribution in [0.1, 0.15) is 19.3 Å². The van der Waals surface area contributed by atoms with Crippen molar-refractivity contribution in [2.75, 3.05) is 12.4 Å². The van der Waals surface area contributed by atoms with E-state index in [4.69, 9.17) is 9.29 Å². The van der Waals surface area contributed by atoms with Gasteiger partial charge in [-0.15, -0.1) is 0 Å². The number of para-hydroxylation sites is 1. The van der Waals surface area contributed by atoms with Crippen LogP contribution >= 0.6 is 12.0 Å². The van der Waals surface area contributed by atoms with Crippen molar-refractivity contribution in [1.29, 1.82) is 0 Å². The highest BCUT2D eigenvalue weighted by molar-refractivity contribution is 8.02. The third kappa shape index (κ3) is 8.35. The molecule has 0 aliphatic heterocycles. The Morgan fingerprint density at radius 3 is 2.50 bits per heavy atom. The largest absolute Gasteiger partial charge is 0.494 e. The van der Waals surface area contributed by atoms with Crippen LogP contribution in [0.15, 0.2) is 30.3 Å². The van der Waals surface area contributed by atoms with Gasteiger partial charge in [0.15, 0.2) is 0 Å². The van der Waals surface area contributed by atoms with Gasteiger partial charge in [-0.05, 0) is 31.4 Å². The summed E-state index contributed by atoms with van der Waals surface area (Å²) >= 11 is 0.736. The highest BCUT2D eigenvalue weighted by atomic mass is 32.3. The van der Waals surface area contributed by atoms with Crippen LogP contribution in [0.3, 0.4) is 0 Å². The average molecular weight is 292 g/mol. The van der Waals surface area contributed by atoms with Crippen LogP contribution in [0, 0.1) is 0 Å². The Morgan fingerprint density at radius 2 is 1.83 bits per heavy atom. The van der Waals surface area contributed by atoms with Gasteiger partial charge in [-0.1, -0.05) is 18.2 Å². The second-order valence-corrected chi connectivity index (χ2v) is 5.58. The Morgan fingerprint density at radius 1 is 1.11 bits per heavy atom. The number of unbranched alkanes of at least 4 members (excludes halogenated alkanes) is 2. The van der Waals surface area contributed by atoms with Crippen molar-refractivity contribution in [3.63, 3.8) is 0 Å². The molecule has 0 atom stereocenters. The van der Waals surface area contributed by atoms with Crippen LogP contribution in [0.2, 0.25) is 0 Å². The second-order valence-electron chi connectivity index (χ2n) is 3.54. The van der Waals surface area contributed by atoms with Gasteiger partial charge in [0.05, 0.1) is 6.61 Å². The zero-order valence-corrected chi connectivity index (χ0v) is 11.5. The Hall–Kier alpha value is -0.760. The SMILES string of the molecule is O=S(=O)(O)OSCCCCCOc1ccccc1. The number of ether oxygens (including phenoxy) is 1. The molecule has 0 radical (unpaired) electrons. The molecular formula is C11H16O5S2. The predicted octanol–water partition coefficient (Wildman–Crippen LogP) is 2.70. The van der Waals surface area contributed by atoms with E-state index >= 15 is 0 Å². The van der Waals surface area contributed by atoms with Gasteiger partial charge >= 0.3 is 10.4 Å². The molecule has 1 N–H and O–H groups in total. The molecule has 0 fully saturated rings. The molecule has 0 spiro atoms. The summed E-state index contributed by atoms with van der Waals surface area (Å²) in [7, 11) is -4.32. The maximum absolute atomic E-state index is 10.2. The number of benzene rings is 1. The predicted molar refractivity (Wildman–Crippen MR) is 70.9 cm³/mol. The number of hydrogen-bond donors (Lipinski definition) is 1. The van der Waals surface area contributed by atoms with E-state index in [2.05, 4.69) is 3.63 Å². The fraction of sp³-hybridized carbons (Fsp3) is 0.455. The van der Waals surface area contributed by atoms with Gasteiger partial charge in [-0.3, -0.25) is 4.55 Å². The first-order valence-electron chi connectivity index (χ1n) is 5.54. The highest BCUT2D eigenvalue weighted by Crippen LogP contribution is 2.12. The Bertz CT molecular complexity index is 418. The molecule has 0 aromatic heterocycles. The number of hydrogen-bond acceptors (Lipinski definition) is 5. The first-order chi connectivity index (χ1) is 8.58. The van der Waals surface area contributed by atoms with Crippen molar-refractivity contribution in [1.82, 2.24) is 0 Å². The minimum Gasteiger partial charge on any atom is -0.494 e. The molecule has 5 nitrogen and oxygen atoms in total. The summed E-state index contributed by atoms with van der Waals surface area (Å²) in [4.78, 5) is 0. The average Bonchev–Trinajstić information content (AvgIpc) is 2.32. The van der Waals surface area contributed by atoms with Crippen LogP contribution in [-0.2, 0) is 14.0 Å². The van der Waals surface area contributed by atoms with Crippen LogP contribution < -0.4 is 4.74 Å². The quantitative estimate of drug-likeness (QED) is 0.428. The lowest BCUT2D eigenvalue weighted by Gasteiger charge is -2.05. The van der Waals surface area contributed by atoms with Gasteiger partial charge in [0.25, 0.3) is 0 Å². The van der Waals surface area contributed by atoms with E-state index in [1.165, 1.54) is 0 Å². The molecule has 0 aliphatic rings. The smallest absolute Gasteiger partial charge is 0.408 e. The monoisotopic (exact) mass is 292 g/mol. The fourth-order valence-electron chi connectivity index (χ4n) is 1.24. The van der Waals surface area contributed by atoms with E-state index in [0.717, 1.165) is 37.1 Å². The Kier molecular flexibility index (Phi) is 7.11. The third-order valence-electron chi connectivity index (χ3n) is 2.02. The molecule has 7 heteroatoms. The maximum Gasteiger partial charge on any atom is 0.408 e. The molecule has 0 saturated carbocycles. The summed E-state index contributed by atoms with van der Waals surface area (Å²) in [5.74, 6) is 1.37. The van der Waals surface area contributed by atoms with Crippen molar-refractivity contribution in [3.8, 4) is 5.75 Å². The topological polar surface area (TPSA) is 72.8 Å². The van der Waals surface area contributed by atoms with Crippen molar-refractivity contribution in [2.45, 2.75) is 19.3 Å². The van der Waals surface area contributed by atoms with E-state index in [9.17, 15) is 8.42 Å². The molecular weight excluding hydrogens is 276 g/mol. The fourth-order valence-corrected chi connectivity index (χ4v) is 2.32. The molecule has 1 aromatic rings. The molecule has 1 rings (SSSR count). The lowest BCUT2D eigenvalue weighted by atomic mass is 10.3. The van der Waals surface area contributed by atoms with Gasteiger partial charge in [0.2, 0.25) is 0 Å². The van der Waals surface area contributed by atoms with Gasteiger partial charge in [-0.2, -0.15) is 12.0 Å². The summed E-state index contributed by atoms with van der Waals surface area (Å²) in [6.45, 7) is 0.633. The summed E-state index contributed by atoms with van der Waals surface area (Å²) < 4.78 is 38.3. The van der Waals surface area contributed by atoms with Crippen molar-refractivity contribution >= 4 is 22.4 Å². The highest BCUT2D eigenvalue weighted by Gasteiger charge is 2.04. The van der Waals surface area contributed by atoms with Gasteiger partial charge in [0, 0.05) is 17.8 Å². The van der Waals surface area contributed by atoms with Gasteiger partial charge in [0.1, 0.15) is 5.75 Å². The van der Waals surface area contributed by atoms with E-state index in [1.807, 2.05) is 30.3 Å². The molecule has 102 valence electrons. The molecule has 0 saturated heterocycles. The first-order valence-corrected chi connectivity index (χ1v) is 7.82. The van der Waals surface area contributed by atoms with Crippen molar-refractivity contribution in [3.05, 3.63) is 30.3 Å². The third-order valence-corrected chi connectivity index (χ3v) is 3.55. The maximum atomic E-state index is 10.2. The summed E-state index contributed by atoms with van der Waals surface area (Å²) in [5, 5.41) is 0. The van der Waals surface area contributed by atoms with Crippen LogP contribution in [0.4, 0.5) is 0 Å². The molecule has 1 aromatic carbocycles. The lowest BCUT2D eigenvalue weighted by molar-refractivity contribution is 0.306. The molecule has 18 heavy (non-hydrogen) atoms. The number of rotatable bonds is 9. The van der Waals surface area contributed by atoms with Crippen LogP contribution in [0.5, 0.6) is 5.75 Å². The minimum atomic E-state index is -4.32. The standard InChI is InChI=1S/C11H16O5S2/c12-18(13,14)16-17-10-6-2-5-9-15-11-7-3-1-4-8-11/h1,3-4,7-8H,2,5-6,9-10H2,(H,12,13,14). The van der Waals surface area contributed by atoms with E-state index in [-0.39, 0.29) is 0 Å². The van der Waals surface area contributed by atoms with E-state index in [1.54, 1.807) is 0 Å². The van der Waals surface area contributed by atoms with Crippen molar-refractivity contribution in [2.24, 2.45) is 0 Å². The van der Waals surface area contributed by atoms with Gasteiger partial charge < -0.3 is 4.74 Å². The second kappa shape index (κ2) is 8.36. The minimum absolute atomic E-state index is 0.519. The molecule has 0 bridgehead atoms. The molecule has 0 aliphatic carbocycles. The van der Waals surface area contributed by atoms with E-state index < -0.39 is 10.4 Å². The van der Waals surface area contributed by atoms with Crippen LogP contribution in [-0.4, -0.2) is 25.3 Å². The van der Waals surface area contributed by atoms with Gasteiger partial charge in [-0.25, -0.2) is 0 Å². The Balaban J connectivity index is 1.93. The summed E-state index contributed by atoms with van der Waals surface area (Å²) in [6, 6.07) is 9.56. The Labute approximate surface area is 112 Å². The molecule has 0 heterocycles. The zero-order chi connectivity index (χ0) is 13.3. The van der Waals surface area contributed by atoms with Crippen molar-refractivity contribution < 1.29 is 21.3 Å². The van der Waals surface area contributed by atoms with E-state index in [0.29, 0.717) is 12.4 Å². The summed E-state index contributed by atoms with van der Waals surface area (Å²) in [6.07, 6.45) is 2.61. The first kappa shape index (κ1) is 15.3. The normalized spacial score (nSPS) is 11.4. The lowest BCUT2D eigenvalue weighted by Crippen LogP contribution is -1.99. The zero-order valence-electron chi connectivity index (χ0n) is 9.82. The van der Waals surface area contributed by atoms with Crippen LogP contribution in [0.25, 0.3) is 0 Å². The molecule has 0 unspecified atom stereocenters. The molecule has 0 amide bonds. The summed E-state index contributed by atoms with van der Waals surface area (Å²) in [5.41, 5.74) is 0.